The number of aliphatic carboxylic acids is 1. The highest BCUT2D eigenvalue weighted by atomic mass is 35.5. The topological polar surface area (TPSA) is 66.8 Å². The highest BCUT2D eigenvalue weighted by molar-refractivity contribution is 6.30. The Labute approximate surface area is 202 Å². The molecule has 4 rings (SSSR count). The Hall–Kier alpha value is -2.86. The third-order valence-corrected chi connectivity index (χ3v) is 6.36. The van der Waals surface area contributed by atoms with Crippen LogP contribution >= 0.6 is 23.2 Å². The lowest BCUT2D eigenvalue weighted by molar-refractivity contribution is -0.183. The fourth-order valence-corrected chi connectivity index (χ4v) is 4.64. The lowest BCUT2D eigenvalue weighted by Crippen LogP contribution is -2.52. The largest absolute Gasteiger partial charge is 0.481 e. The van der Waals surface area contributed by atoms with Gasteiger partial charge in [0.2, 0.25) is 0 Å². The molecule has 1 aliphatic rings. The number of benzene rings is 3. The first-order valence-corrected chi connectivity index (χ1v) is 11.4. The zero-order valence-corrected chi connectivity index (χ0v) is 19.4. The molecule has 3 aromatic carbocycles. The quantitative estimate of drug-likeness (QED) is 0.450. The van der Waals surface area contributed by atoms with E-state index < -0.39 is 30.6 Å². The Bertz CT molecular complexity index is 1140. The van der Waals surface area contributed by atoms with Crippen LogP contribution in [0.25, 0.3) is 0 Å². The molecule has 0 bridgehead atoms. The molecule has 1 aliphatic heterocycles. The summed E-state index contributed by atoms with van der Waals surface area (Å²) in [4.78, 5) is 27.0. The van der Waals surface area contributed by atoms with Crippen LogP contribution in [0.2, 0.25) is 10.0 Å². The van der Waals surface area contributed by atoms with Crippen LogP contribution in [-0.4, -0.2) is 28.0 Å². The second-order valence-electron chi connectivity index (χ2n) is 8.03. The number of nitrogens with zero attached hydrogens (tertiary/aromatic N) is 1. The number of hydrogen-bond acceptors (Lipinski definition) is 3. The van der Waals surface area contributed by atoms with E-state index in [1.165, 1.54) is 0 Å². The van der Waals surface area contributed by atoms with Crippen molar-refractivity contribution in [3.05, 3.63) is 106 Å². The van der Waals surface area contributed by atoms with E-state index in [9.17, 15) is 14.7 Å². The molecule has 1 fully saturated rings. The van der Waals surface area contributed by atoms with Gasteiger partial charge in [-0.2, -0.15) is 0 Å². The molecule has 0 spiro atoms. The molecular formula is C26H23Cl2NO4. The van der Waals surface area contributed by atoms with E-state index in [4.69, 9.17) is 27.9 Å². The zero-order chi connectivity index (χ0) is 23.5. The molecule has 1 N–H and O–H groups in total. The van der Waals surface area contributed by atoms with Crippen molar-refractivity contribution < 1.29 is 19.4 Å². The van der Waals surface area contributed by atoms with Crippen LogP contribution in [0.15, 0.2) is 78.9 Å². The van der Waals surface area contributed by atoms with Crippen molar-refractivity contribution in [2.45, 2.75) is 37.6 Å². The number of carboxylic acids is 1. The maximum atomic E-state index is 13.7. The molecule has 5 nitrogen and oxygen atoms in total. The number of carbonyl (C=O) groups excluding carboxylic acids is 1. The molecule has 170 valence electrons. The minimum Gasteiger partial charge on any atom is -0.481 e. The van der Waals surface area contributed by atoms with Crippen LogP contribution in [0.1, 0.15) is 48.2 Å². The van der Waals surface area contributed by atoms with Gasteiger partial charge in [-0.05, 0) is 47.9 Å². The molecule has 1 amide bonds. The van der Waals surface area contributed by atoms with E-state index in [-0.39, 0.29) is 11.9 Å². The van der Waals surface area contributed by atoms with Crippen molar-refractivity contribution in [1.29, 1.82) is 0 Å². The van der Waals surface area contributed by atoms with Crippen molar-refractivity contribution in [3.8, 4) is 0 Å². The van der Waals surface area contributed by atoms with Crippen LogP contribution in [0.4, 0.5) is 0 Å². The summed E-state index contributed by atoms with van der Waals surface area (Å²) < 4.78 is 6.20. The molecular weight excluding hydrogens is 461 g/mol. The third-order valence-electron chi connectivity index (χ3n) is 5.88. The first-order chi connectivity index (χ1) is 15.8. The number of halogens is 2. The summed E-state index contributed by atoms with van der Waals surface area (Å²) in [5.41, 5.74) is 2.52. The van der Waals surface area contributed by atoms with Crippen LogP contribution in [0.3, 0.4) is 0 Å². The molecule has 0 radical (unpaired) electrons. The average molecular weight is 484 g/mol. The van der Waals surface area contributed by atoms with E-state index in [2.05, 4.69) is 0 Å². The van der Waals surface area contributed by atoms with E-state index >= 15 is 0 Å². The van der Waals surface area contributed by atoms with Crippen LogP contribution in [-0.2, 0) is 14.3 Å². The smallest absolute Gasteiger partial charge is 0.306 e. The Kier molecular flexibility index (Phi) is 7.03. The zero-order valence-electron chi connectivity index (χ0n) is 17.9. The van der Waals surface area contributed by atoms with Crippen LogP contribution in [0.5, 0.6) is 0 Å². The maximum absolute atomic E-state index is 13.7. The number of carboxylic acid groups (broad SMARTS) is 1. The summed E-state index contributed by atoms with van der Waals surface area (Å²) in [6.07, 6.45) is -2.18. The summed E-state index contributed by atoms with van der Waals surface area (Å²) in [5, 5.41) is 10.6. The van der Waals surface area contributed by atoms with Gasteiger partial charge >= 0.3 is 5.97 Å². The summed E-state index contributed by atoms with van der Waals surface area (Å²) in [6.45, 7) is 1.94. The van der Waals surface area contributed by atoms with Gasteiger partial charge in [0.25, 0.3) is 5.91 Å². The third kappa shape index (κ3) is 5.06. The molecule has 0 unspecified atom stereocenters. The Morgan fingerprint density at radius 2 is 1.67 bits per heavy atom. The van der Waals surface area contributed by atoms with E-state index in [0.717, 1.165) is 16.7 Å². The lowest BCUT2D eigenvalue weighted by atomic mass is 9.89. The summed E-state index contributed by atoms with van der Waals surface area (Å²) in [7, 11) is 0. The molecule has 7 heteroatoms. The number of morpholine rings is 1. The van der Waals surface area contributed by atoms with Gasteiger partial charge in [0.15, 0.2) is 0 Å². The van der Waals surface area contributed by atoms with E-state index in [1.54, 1.807) is 29.2 Å². The second kappa shape index (κ2) is 9.96. The number of hydrogen-bond donors (Lipinski definition) is 1. The molecule has 3 aromatic rings. The number of rotatable bonds is 6. The Morgan fingerprint density at radius 1 is 0.970 bits per heavy atom. The monoisotopic (exact) mass is 483 g/mol. The minimum absolute atomic E-state index is 0.332. The summed E-state index contributed by atoms with van der Waals surface area (Å²) in [6, 6.07) is 23.3. The molecule has 1 heterocycles. The van der Waals surface area contributed by atoms with Gasteiger partial charge in [-0.25, -0.2) is 0 Å². The van der Waals surface area contributed by atoms with Crippen LogP contribution < -0.4 is 0 Å². The molecule has 4 atom stereocenters. The van der Waals surface area contributed by atoms with Crippen LogP contribution in [0, 0.1) is 0 Å². The van der Waals surface area contributed by atoms with E-state index in [1.807, 2.05) is 61.5 Å². The molecule has 0 aliphatic carbocycles. The predicted molar refractivity (Wildman–Crippen MR) is 127 cm³/mol. The molecule has 1 saturated heterocycles. The van der Waals surface area contributed by atoms with Crippen molar-refractivity contribution in [2.24, 2.45) is 0 Å². The second-order valence-corrected chi connectivity index (χ2v) is 8.90. The van der Waals surface area contributed by atoms with Gasteiger partial charge in [0.1, 0.15) is 12.2 Å². The van der Waals surface area contributed by atoms with Gasteiger partial charge < -0.3 is 14.7 Å². The number of carbonyl (C=O) groups is 2. The fraction of sp³-hybridized carbons (Fsp3) is 0.231. The maximum Gasteiger partial charge on any atom is 0.306 e. The minimum atomic E-state index is -1.12. The van der Waals surface area contributed by atoms with Crippen molar-refractivity contribution in [2.75, 3.05) is 0 Å². The SMILES string of the molecule is C[C@@H](c1ccccc1)N1C(=O)[C@H](CC(=O)O)O[C@H](c2cccc(Cl)c2)[C@H]1c1ccc(Cl)cc1. The predicted octanol–water partition coefficient (Wildman–Crippen LogP) is 6.24. The first-order valence-electron chi connectivity index (χ1n) is 10.6. The molecule has 33 heavy (non-hydrogen) atoms. The highest BCUT2D eigenvalue weighted by Gasteiger charge is 2.46. The Morgan fingerprint density at radius 3 is 2.30 bits per heavy atom. The van der Waals surface area contributed by atoms with Crippen molar-refractivity contribution in [1.82, 2.24) is 4.90 Å². The van der Waals surface area contributed by atoms with Gasteiger partial charge in [0.05, 0.1) is 18.5 Å². The summed E-state index contributed by atoms with van der Waals surface area (Å²) in [5.74, 6) is -1.47. The molecule has 0 saturated carbocycles. The molecule has 0 aromatic heterocycles. The van der Waals surface area contributed by atoms with Gasteiger partial charge in [-0.3, -0.25) is 9.59 Å². The standard InChI is InChI=1S/C26H23Cl2NO4/c1-16(17-6-3-2-4-7-17)29-24(18-10-12-20(27)13-11-18)25(19-8-5-9-21(28)14-19)33-22(26(29)32)15-23(30)31/h2-14,16,22,24-25H,15H2,1H3,(H,30,31)/t16-,22-,24+,25+/m0/s1. The van der Waals surface area contributed by atoms with Gasteiger partial charge in [0, 0.05) is 10.0 Å². The normalized spacial score (nSPS) is 21.6. The first kappa shape index (κ1) is 23.3. The van der Waals surface area contributed by atoms with Crippen molar-refractivity contribution >= 4 is 35.1 Å². The fourth-order valence-electron chi connectivity index (χ4n) is 4.32. The number of ether oxygens (including phenoxy) is 1. The summed E-state index contributed by atoms with van der Waals surface area (Å²) >= 11 is 12.4. The number of amides is 1. The lowest BCUT2D eigenvalue weighted by Gasteiger charge is -2.47. The average Bonchev–Trinajstić information content (AvgIpc) is 2.80. The van der Waals surface area contributed by atoms with Gasteiger partial charge in [-0.15, -0.1) is 0 Å². The highest BCUT2D eigenvalue weighted by Crippen LogP contribution is 2.46. The van der Waals surface area contributed by atoms with Crippen molar-refractivity contribution in [3.63, 3.8) is 0 Å². The van der Waals surface area contributed by atoms with E-state index in [0.29, 0.717) is 10.0 Å². The van der Waals surface area contributed by atoms with Gasteiger partial charge in [-0.1, -0.05) is 77.8 Å². The Balaban J connectivity index is 1.88.